The Morgan fingerprint density at radius 1 is 1.06 bits per heavy atom. The van der Waals surface area contributed by atoms with Crippen molar-refractivity contribution in [1.82, 2.24) is 16.0 Å². The van der Waals surface area contributed by atoms with E-state index in [0.717, 1.165) is 50.5 Å². The summed E-state index contributed by atoms with van der Waals surface area (Å²) in [4.78, 5) is 17.2. The van der Waals surface area contributed by atoms with E-state index in [1.165, 1.54) is 16.7 Å². The quantitative estimate of drug-likeness (QED) is 0.243. The van der Waals surface area contributed by atoms with Gasteiger partial charge in [-0.15, -0.1) is 24.0 Å². The van der Waals surface area contributed by atoms with Crippen molar-refractivity contribution in [2.45, 2.75) is 52.7 Å². The van der Waals surface area contributed by atoms with Crippen LogP contribution in [-0.2, 0) is 17.7 Å². The zero-order valence-corrected chi connectivity index (χ0v) is 22.3. The third-order valence-corrected chi connectivity index (χ3v) is 5.46. The van der Waals surface area contributed by atoms with Gasteiger partial charge >= 0.3 is 0 Å². The number of benzene rings is 2. The molecule has 3 N–H and O–H groups in total. The fraction of sp³-hybridized carbons (Fsp3) is 0.462. The van der Waals surface area contributed by atoms with Crippen LogP contribution in [0.3, 0.4) is 0 Å². The molecular formula is C26H37IN4O2. The summed E-state index contributed by atoms with van der Waals surface area (Å²) in [5, 5.41) is 9.69. The Morgan fingerprint density at radius 2 is 1.85 bits per heavy atom. The normalized spacial score (nSPS) is 15.6. The topological polar surface area (TPSA) is 74.8 Å². The number of carbonyl (C=O) groups excluding carboxylic acids is 1. The summed E-state index contributed by atoms with van der Waals surface area (Å²) in [5.41, 5.74) is 5.57. The van der Waals surface area contributed by atoms with Crippen LogP contribution in [0.4, 0.5) is 0 Å². The van der Waals surface area contributed by atoms with Crippen LogP contribution in [0.25, 0.3) is 0 Å². The fourth-order valence-electron chi connectivity index (χ4n) is 3.98. The maximum atomic E-state index is 12.5. The molecule has 0 bridgehead atoms. The van der Waals surface area contributed by atoms with Gasteiger partial charge in [-0.05, 0) is 63.3 Å². The zero-order valence-electron chi connectivity index (χ0n) is 19.9. The predicted octanol–water partition coefficient (Wildman–Crippen LogP) is 4.13. The number of aliphatic imine (C=N–C) groups is 1. The van der Waals surface area contributed by atoms with E-state index in [2.05, 4.69) is 54.9 Å². The molecule has 1 aliphatic heterocycles. The predicted molar refractivity (Wildman–Crippen MR) is 146 cm³/mol. The van der Waals surface area contributed by atoms with E-state index in [1.54, 1.807) is 0 Å². The molecule has 1 heterocycles. The monoisotopic (exact) mass is 564 g/mol. The molecule has 1 unspecified atom stereocenters. The van der Waals surface area contributed by atoms with Crippen LogP contribution >= 0.6 is 24.0 Å². The molecule has 6 nitrogen and oxygen atoms in total. The molecule has 0 radical (unpaired) electrons. The van der Waals surface area contributed by atoms with E-state index in [9.17, 15) is 4.79 Å². The Kier molecular flexibility index (Phi) is 11.7. The molecule has 33 heavy (non-hydrogen) atoms. The second-order valence-corrected chi connectivity index (χ2v) is 8.41. The summed E-state index contributed by atoms with van der Waals surface area (Å²) in [6.07, 6.45) is 3.16. The average Bonchev–Trinajstić information content (AvgIpc) is 3.29. The first kappa shape index (κ1) is 27.1. The maximum Gasteiger partial charge on any atom is 0.251 e. The van der Waals surface area contributed by atoms with Gasteiger partial charge in [-0.2, -0.15) is 0 Å². The largest absolute Gasteiger partial charge is 0.376 e. The van der Waals surface area contributed by atoms with Gasteiger partial charge in [0.25, 0.3) is 5.91 Å². The van der Waals surface area contributed by atoms with Gasteiger partial charge in [0.15, 0.2) is 5.96 Å². The molecule has 0 aliphatic carbocycles. The number of hydrogen-bond acceptors (Lipinski definition) is 3. The van der Waals surface area contributed by atoms with Crippen LogP contribution < -0.4 is 16.0 Å². The van der Waals surface area contributed by atoms with Crippen molar-refractivity contribution < 1.29 is 9.53 Å². The van der Waals surface area contributed by atoms with E-state index in [1.807, 2.05) is 24.3 Å². The van der Waals surface area contributed by atoms with E-state index >= 15 is 0 Å². The minimum absolute atomic E-state index is 0. The molecule has 3 rings (SSSR count). The molecular weight excluding hydrogens is 527 g/mol. The number of rotatable bonds is 9. The van der Waals surface area contributed by atoms with Crippen LogP contribution in [-0.4, -0.2) is 44.2 Å². The van der Waals surface area contributed by atoms with Crippen LogP contribution in [0.5, 0.6) is 0 Å². The van der Waals surface area contributed by atoms with Gasteiger partial charge in [-0.3, -0.25) is 4.79 Å². The summed E-state index contributed by atoms with van der Waals surface area (Å²) in [7, 11) is 0. The number of amides is 1. The third kappa shape index (κ3) is 9.33. The van der Waals surface area contributed by atoms with Crippen LogP contribution in [0, 0.1) is 13.8 Å². The van der Waals surface area contributed by atoms with Crippen molar-refractivity contribution >= 4 is 35.8 Å². The fourth-order valence-corrected chi connectivity index (χ4v) is 3.98. The van der Waals surface area contributed by atoms with Gasteiger partial charge in [0, 0.05) is 31.8 Å². The molecule has 0 aromatic heterocycles. The Labute approximate surface area is 215 Å². The average molecular weight is 565 g/mol. The number of carbonyl (C=O) groups is 1. The lowest BCUT2D eigenvalue weighted by molar-refractivity contribution is 0.0857. The van der Waals surface area contributed by atoms with Crippen LogP contribution in [0.15, 0.2) is 47.5 Å². The first-order valence-electron chi connectivity index (χ1n) is 11.6. The molecule has 0 spiro atoms. The van der Waals surface area contributed by atoms with Gasteiger partial charge in [0.05, 0.1) is 12.6 Å². The van der Waals surface area contributed by atoms with Gasteiger partial charge in [-0.25, -0.2) is 4.99 Å². The minimum atomic E-state index is -0.0650. The summed E-state index contributed by atoms with van der Waals surface area (Å²) in [6.45, 7) is 9.78. The highest BCUT2D eigenvalue weighted by Crippen LogP contribution is 2.12. The Balaban J connectivity index is 0.00000385. The zero-order chi connectivity index (χ0) is 22.8. The van der Waals surface area contributed by atoms with Crippen LogP contribution in [0.2, 0.25) is 0 Å². The first-order chi connectivity index (χ1) is 15.5. The van der Waals surface area contributed by atoms with Crippen molar-refractivity contribution in [2.24, 2.45) is 4.99 Å². The van der Waals surface area contributed by atoms with Crippen molar-refractivity contribution in [2.75, 3.05) is 26.2 Å². The summed E-state index contributed by atoms with van der Waals surface area (Å²) >= 11 is 0. The number of aryl methyl sites for hydroxylation is 2. The van der Waals surface area contributed by atoms with Gasteiger partial charge in [0.2, 0.25) is 0 Å². The van der Waals surface area contributed by atoms with E-state index in [-0.39, 0.29) is 36.0 Å². The van der Waals surface area contributed by atoms with Crippen molar-refractivity contribution in [1.29, 1.82) is 0 Å². The van der Waals surface area contributed by atoms with Gasteiger partial charge in [-0.1, -0.05) is 41.5 Å². The lowest BCUT2D eigenvalue weighted by atomic mass is 10.1. The number of hydrogen-bond donors (Lipinski definition) is 3. The molecule has 2 aromatic rings. The lowest BCUT2D eigenvalue weighted by Crippen LogP contribution is -2.38. The SMILES string of the molecule is CCNC(=NCc1cccc(C(=O)NCC2CCCO2)c1)NCCc1cc(C)cc(C)c1.I. The Bertz CT molecular complexity index is 906. The highest BCUT2D eigenvalue weighted by atomic mass is 127. The summed E-state index contributed by atoms with van der Waals surface area (Å²) in [5.74, 6) is 0.718. The highest BCUT2D eigenvalue weighted by molar-refractivity contribution is 14.0. The lowest BCUT2D eigenvalue weighted by Gasteiger charge is -2.13. The number of guanidine groups is 1. The Hall–Kier alpha value is -2.13. The minimum Gasteiger partial charge on any atom is -0.376 e. The van der Waals surface area contributed by atoms with E-state index in [0.29, 0.717) is 18.7 Å². The second-order valence-electron chi connectivity index (χ2n) is 8.41. The summed E-state index contributed by atoms with van der Waals surface area (Å²) < 4.78 is 5.58. The number of ether oxygens (including phenoxy) is 1. The summed E-state index contributed by atoms with van der Waals surface area (Å²) in [6, 6.07) is 14.3. The molecule has 1 atom stereocenters. The second kappa shape index (κ2) is 14.2. The number of nitrogens with one attached hydrogen (secondary N) is 3. The maximum absolute atomic E-state index is 12.5. The van der Waals surface area contributed by atoms with Crippen molar-refractivity contribution in [3.8, 4) is 0 Å². The number of nitrogens with zero attached hydrogens (tertiary/aromatic N) is 1. The molecule has 2 aromatic carbocycles. The number of halogens is 1. The van der Waals surface area contributed by atoms with Gasteiger partial charge < -0.3 is 20.7 Å². The van der Waals surface area contributed by atoms with Crippen LogP contribution in [0.1, 0.15) is 52.4 Å². The van der Waals surface area contributed by atoms with Crippen molar-refractivity contribution in [3.05, 3.63) is 70.3 Å². The highest BCUT2D eigenvalue weighted by Gasteiger charge is 2.16. The van der Waals surface area contributed by atoms with Crippen molar-refractivity contribution in [3.63, 3.8) is 0 Å². The molecule has 1 amide bonds. The van der Waals surface area contributed by atoms with E-state index < -0.39 is 0 Å². The van der Waals surface area contributed by atoms with Gasteiger partial charge in [0.1, 0.15) is 0 Å². The standard InChI is InChI=1S/C26H36N4O2.HI/c1-4-27-26(28-11-10-21-14-19(2)13-20(3)15-21)30-17-22-7-5-8-23(16-22)25(31)29-18-24-9-6-12-32-24;/h5,7-8,13-16,24H,4,6,9-12,17-18H2,1-3H3,(H,29,31)(H2,27,28,30);1H. The molecule has 180 valence electrons. The first-order valence-corrected chi connectivity index (χ1v) is 11.6. The molecule has 1 saturated heterocycles. The molecule has 1 aliphatic rings. The third-order valence-electron chi connectivity index (χ3n) is 5.46. The van der Waals surface area contributed by atoms with E-state index in [4.69, 9.17) is 9.73 Å². The molecule has 7 heteroatoms. The molecule has 1 fully saturated rings. The molecule has 0 saturated carbocycles. The Morgan fingerprint density at radius 3 is 2.55 bits per heavy atom. The smallest absolute Gasteiger partial charge is 0.251 e.